The van der Waals surface area contributed by atoms with E-state index in [0.717, 1.165) is 24.7 Å². The van der Waals surface area contributed by atoms with E-state index in [-0.39, 0.29) is 31.1 Å². The first-order valence-corrected chi connectivity index (χ1v) is 12.7. The molecule has 1 unspecified atom stereocenters. The van der Waals surface area contributed by atoms with Crippen molar-refractivity contribution in [1.29, 1.82) is 0 Å². The van der Waals surface area contributed by atoms with E-state index in [1.807, 2.05) is 0 Å². The molecule has 0 spiro atoms. The average molecular weight is 495 g/mol. The number of hydrogen-bond acceptors (Lipinski definition) is 8. The van der Waals surface area contributed by atoms with E-state index in [4.69, 9.17) is 19.4 Å². The molecule has 0 bridgehead atoms. The van der Waals surface area contributed by atoms with Crippen molar-refractivity contribution in [2.75, 3.05) is 31.9 Å². The summed E-state index contributed by atoms with van der Waals surface area (Å²) >= 11 is 0. The minimum atomic E-state index is -3.91. The maximum Gasteiger partial charge on any atom is 0.414 e. The molecular weight excluding hydrogens is 464 g/mol. The lowest BCUT2D eigenvalue weighted by Gasteiger charge is -2.26. The lowest BCUT2D eigenvalue weighted by molar-refractivity contribution is -0.132. The predicted octanol–water partition coefficient (Wildman–Crippen LogP) is 1.50. The SMILES string of the molecule is CO[C@H]1CC(C#Cc2ccc(N3C[C@H](C[C@](C)(C(=O)NO)S(C)(=O)=O)OC3=O)cc2)C[C@H]1OC. The molecule has 1 aromatic rings. The number of amides is 2. The molecule has 1 saturated heterocycles. The first kappa shape index (κ1) is 26.0. The van der Waals surface area contributed by atoms with Crippen molar-refractivity contribution in [2.45, 2.75) is 49.2 Å². The molecule has 1 aliphatic heterocycles. The Bertz CT molecular complexity index is 1070. The normalized spacial score (nSPS) is 26.4. The molecule has 10 nitrogen and oxygen atoms in total. The topological polar surface area (TPSA) is 131 Å². The summed E-state index contributed by atoms with van der Waals surface area (Å²) < 4.78 is 38.6. The number of benzene rings is 1. The van der Waals surface area contributed by atoms with Gasteiger partial charge in [-0.05, 0) is 44.0 Å². The fourth-order valence-electron chi connectivity index (χ4n) is 4.29. The lowest BCUT2D eigenvalue weighted by atomic mass is 10.0. The molecule has 186 valence electrons. The molecule has 0 aromatic heterocycles. The fraction of sp³-hybridized carbons (Fsp3) is 0.565. The number of carbonyl (C=O) groups is 2. The van der Waals surface area contributed by atoms with Crippen LogP contribution in [0.15, 0.2) is 24.3 Å². The molecule has 2 N–H and O–H groups in total. The second-order valence-corrected chi connectivity index (χ2v) is 11.2. The van der Waals surface area contributed by atoms with E-state index in [1.54, 1.807) is 38.5 Å². The van der Waals surface area contributed by atoms with Crippen molar-refractivity contribution in [2.24, 2.45) is 5.92 Å². The second kappa shape index (κ2) is 10.3. The summed E-state index contributed by atoms with van der Waals surface area (Å²) in [5.74, 6) is 5.50. The summed E-state index contributed by atoms with van der Waals surface area (Å²) in [4.78, 5) is 25.8. The molecule has 2 aliphatic rings. The summed E-state index contributed by atoms with van der Waals surface area (Å²) in [6, 6.07) is 7.04. The number of carbonyl (C=O) groups excluding carboxylic acids is 2. The predicted molar refractivity (Wildman–Crippen MR) is 123 cm³/mol. The van der Waals surface area contributed by atoms with Crippen LogP contribution in [-0.2, 0) is 28.8 Å². The number of cyclic esters (lactones) is 1. The Morgan fingerprint density at radius 1 is 1.24 bits per heavy atom. The number of hydroxylamine groups is 1. The first-order valence-electron chi connectivity index (χ1n) is 10.8. The molecule has 34 heavy (non-hydrogen) atoms. The number of methoxy groups -OCH3 is 2. The molecule has 3 rings (SSSR count). The molecule has 1 aromatic carbocycles. The summed E-state index contributed by atoms with van der Waals surface area (Å²) in [7, 11) is -0.568. The number of anilines is 1. The number of hydrogen-bond donors (Lipinski definition) is 2. The summed E-state index contributed by atoms with van der Waals surface area (Å²) in [5.41, 5.74) is 2.74. The van der Waals surface area contributed by atoms with E-state index < -0.39 is 32.7 Å². The van der Waals surface area contributed by atoms with Crippen molar-refractivity contribution >= 4 is 27.5 Å². The van der Waals surface area contributed by atoms with Gasteiger partial charge in [-0.25, -0.2) is 18.7 Å². The molecule has 5 atom stereocenters. The highest BCUT2D eigenvalue weighted by Gasteiger charge is 2.48. The van der Waals surface area contributed by atoms with E-state index in [1.165, 1.54) is 17.3 Å². The Morgan fingerprint density at radius 2 is 1.82 bits per heavy atom. The van der Waals surface area contributed by atoms with E-state index in [2.05, 4.69) is 11.8 Å². The summed E-state index contributed by atoms with van der Waals surface area (Å²) in [6.45, 7) is 1.25. The van der Waals surface area contributed by atoms with Gasteiger partial charge in [0.2, 0.25) is 0 Å². The van der Waals surface area contributed by atoms with Gasteiger partial charge in [0.15, 0.2) is 14.6 Å². The van der Waals surface area contributed by atoms with Crippen LogP contribution >= 0.6 is 0 Å². The van der Waals surface area contributed by atoms with Gasteiger partial charge in [0, 0.05) is 44.1 Å². The van der Waals surface area contributed by atoms with Crippen LogP contribution in [0, 0.1) is 17.8 Å². The highest BCUT2D eigenvalue weighted by atomic mass is 32.2. The van der Waals surface area contributed by atoms with Gasteiger partial charge in [-0.1, -0.05) is 11.8 Å². The van der Waals surface area contributed by atoms with Gasteiger partial charge in [0.05, 0.1) is 18.8 Å². The van der Waals surface area contributed by atoms with Gasteiger partial charge in [0.1, 0.15) is 6.10 Å². The molecule has 1 heterocycles. The molecule has 2 amide bonds. The first-order chi connectivity index (χ1) is 16.0. The molecule has 1 aliphatic carbocycles. The zero-order chi connectivity index (χ0) is 25.1. The Morgan fingerprint density at radius 3 is 2.32 bits per heavy atom. The lowest BCUT2D eigenvalue weighted by Crippen LogP contribution is -2.51. The fourth-order valence-corrected chi connectivity index (χ4v) is 5.16. The van der Waals surface area contributed by atoms with Gasteiger partial charge in [0.25, 0.3) is 5.91 Å². The Labute approximate surface area is 199 Å². The summed E-state index contributed by atoms with van der Waals surface area (Å²) in [5, 5.41) is 8.97. The minimum Gasteiger partial charge on any atom is -0.444 e. The third-order valence-electron chi connectivity index (χ3n) is 6.54. The van der Waals surface area contributed by atoms with Gasteiger partial charge in [-0.15, -0.1) is 0 Å². The quantitative estimate of drug-likeness (QED) is 0.331. The largest absolute Gasteiger partial charge is 0.444 e. The number of sulfone groups is 1. The second-order valence-electron chi connectivity index (χ2n) is 8.80. The van der Waals surface area contributed by atoms with Gasteiger partial charge >= 0.3 is 6.09 Å². The molecule has 1 saturated carbocycles. The van der Waals surface area contributed by atoms with Crippen LogP contribution in [0.3, 0.4) is 0 Å². The Balaban J connectivity index is 1.67. The van der Waals surface area contributed by atoms with E-state index in [0.29, 0.717) is 5.69 Å². The van der Waals surface area contributed by atoms with Crippen molar-refractivity contribution in [3.8, 4) is 11.8 Å². The van der Waals surface area contributed by atoms with Crippen molar-refractivity contribution in [3.05, 3.63) is 29.8 Å². The zero-order valence-electron chi connectivity index (χ0n) is 19.6. The minimum absolute atomic E-state index is 0.0359. The van der Waals surface area contributed by atoms with Gasteiger partial charge < -0.3 is 14.2 Å². The maximum absolute atomic E-state index is 12.4. The number of nitrogens with one attached hydrogen (secondary N) is 1. The van der Waals surface area contributed by atoms with Gasteiger partial charge in [-0.3, -0.25) is 14.9 Å². The number of ether oxygens (including phenoxy) is 3. The van der Waals surface area contributed by atoms with Crippen LogP contribution in [0.5, 0.6) is 0 Å². The number of nitrogens with zero attached hydrogens (tertiary/aromatic N) is 1. The van der Waals surface area contributed by atoms with Crippen LogP contribution in [-0.4, -0.2) is 75.7 Å². The average Bonchev–Trinajstić information content (AvgIpc) is 3.38. The van der Waals surface area contributed by atoms with Crippen LogP contribution in [0.4, 0.5) is 10.5 Å². The highest BCUT2D eigenvalue weighted by Crippen LogP contribution is 2.31. The van der Waals surface area contributed by atoms with E-state index >= 15 is 0 Å². The van der Waals surface area contributed by atoms with E-state index in [9.17, 15) is 18.0 Å². The Kier molecular flexibility index (Phi) is 7.88. The molecule has 2 fully saturated rings. The number of rotatable bonds is 7. The molecular formula is C23H30N2O8S. The third-order valence-corrected chi connectivity index (χ3v) is 8.53. The van der Waals surface area contributed by atoms with Crippen LogP contribution in [0.2, 0.25) is 0 Å². The van der Waals surface area contributed by atoms with Crippen molar-refractivity contribution in [1.82, 2.24) is 5.48 Å². The zero-order valence-corrected chi connectivity index (χ0v) is 20.4. The molecule has 11 heteroatoms. The van der Waals surface area contributed by atoms with Crippen LogP contribution < -0.4 is 10.4 Å². The maximum atomic E-state index is 12.4. The van der Waals surface area contributed by atoms with Crippen molar-refractivity contribution < 1.29 is 37.4 Å². The van der Waals surface area contributed by atoms with Crippen LogP contribution in [0.25, 0.3) is 0 Å². The Hall–Kier alpha value is -2.65. The molecule has 0 radical (unpaired) electrons. The standard InChI is InChI=1S/C23H30N2O8S/c1-23(21(26)24-28,34(4,29)30)13-18-14-25(22(27)33-18)17-9-7-15(8-10-17)5-6-16-11-19(31-2)20(12-16)32-3/h7-10,16,18-20,28H,11-14H2,1-4H3,(H,24,26)/t16?,18-,19-,20+,23+/m0/s1. The third kappa shape index (κ3) is 5.36. The van der Waals surface area contributed by atoms with Crippen molar-refractivity contribution in [3.63, 3.8) is 0 Å². The monoisotopic (exact) mass is 494 g/mol. The van der Waals surface area contributed by atoms with Gasteiger partial charge in [-0.2, -0.15) is 0 Å². The summed E-state index contributed by atoms with van der Waals surface area (Å²) in [6.07, 6.45) is 0.787. The van der Waals surface area contributed by atoms with Crippen LogP contribution in [0.1, 0.15) is 31.7 Å². The smallest absolute Gasteiger partial charge is 0.414 e. The highest BCUT2D eigenvalue weighted by molar-refractivity contribution is 7.92.